The first-order valence-electron chi connectivity index (χ1n) is 4.20. The van der Waals surface area contributed by atoms with E-state index in [1.807, 2.05) is 6.07 Å². The molecule has 0 saturated carbocycles. The monoisotopic (exact) mass is 191 g/mol. The lowest BCUT2D eigenvalue weighted by Crippen LogP contribution is -1.96. The molecule has 0 heterocycles. The van der Waals surface area contributed by atoms with E-state index < -0.39 is 5.82 Å². The fraction of sp³-hybridized carbons (Fsp3) is 0.182. The molecule has 0 saturated heterocycles. The van der Waals surface area contributed by atoms with Crippen molar-refractivity contribution in [3.63, 3.8) is 0 Å². The molecule has 1 rings (SSSR count). The normalized spacial score (nSPS) is 9.14. The minimum absolute atomic E-state index is 0.263. The van der Waals surface area contributed by atoms with Gasteiger partial charge in [0.05, 0.1) is 18.2 Å². The number of ether oxygens (including phenoxy) is 1. The number of nitrogens with zero attached hydrogens (tertiary/aromatic N) is 1. The Labute approximate surface area is 82.2 Å². The van der Waals surface area contributed by atoms with E-state index in [1.165, 1.54) is 18.2 Å². The highest BCUT2D eigenvalue weighted by atomic mass is 19.1. The van der Waals surface area contributed by atoms with Crippen LogP contribution in [-0.2, 0) is 0 Å². The molecule has 72 valence electrons. The second-order valence-electron chi connectivity index (χ2n) is 2.71. The fourth-order valence-corrected chi connectivity index (χ4v) is 0.971. The minimum Gasteiger partial charge on any atom is -0.493 e. The third-order valence-electron chi connectivity index (χ3n) is 1.59. The standard InChI is InChI=1S/C11H10FNO/c1-2-3-4-14-11-6-9(8-13)5-10(12)7-11/h2,5-7H,1,3-4H2. The molecule has 1 aromatic carbocycles. The Morgan fingerprint density at radius 2 is 2.29 bits per heavy atom. The van der Waals surface area contributed by atoms with Crippen molar-refractivity contribution in [2.75, 3.05) is 6.61 Å². The molecule has 0 aliphatic carbocycles. The van der Waals surface area contributed by atoms with Crippen LogP contribution in [0.4, 0.5) is 4.39 Å². The average Bonchev–Trinajstić information content (AvgIpc) is 2.17. The SMILES string of the molecule is C=CCCOc1cc(F)cc(C#N)c1. The van der Waals surface area contributed by atoms with E-state index >= 15 is 0 Å². The summed E-state index contributed by atoms with van der Waals surface area (Å²) in [5.74, 6) is -0.0824. The van der Waals surface area contributed by atoms with E-state index in [-0.39, 0.29) is 5.56 Å². The average molecular weight is 191 g/mol. The maximum absolute atomic E-state index is 12.9. The quantitative estimate of drug-likeness (QED) is 0.541. The molecule has 0 atom stereocenters. The minimum atomic E-state index is -0.461. The van der Waals surface area contributed by atoms with Gasteiger partial charge in [0.2, 0.25) is 0 Å². The van der Waals surface area contributed by atoms with Gasteiger partial charge in [-0.25, -0.2) is 4.39 Å². The van der Waals surface area contributed by atoms with Crippen LogP contribution in [0.3, 0.4) is 0 Å². The molecule has 0 unspecified atom stereocenters. The highest BCUT2D eigenvalue weighted by Crippen LogP contribution is 2.15. The van der Waals surface area contributed by atoms with Crippen molar-refractivity contribution in [3.8, 4) is 11.8 Å². The Morgan fingerprint density at radius 3 is 2.93 bits per heavy atom. The van der Waals surface area contributed by atoms with E-state index in [0.29, 0.717) is 18.8 Å². The number of benzene rings is 1. The van der Waals surface area contributed by atoms with Crippen molar-refractivity contribution in [2.24, 2.45) is 0 Å². The number of halogens is 1. The van der Waals surface area contributed by atoms with Crippen LogP contribution >= 0.6 is 0 Å². The Balaban J connectivity index is 2.72. The first-order chi connectivity index (χ1) is 6.76. The van der Waals surface area contributed by atoms with Gasteiger partial charge in [0.25, 0.3) is 0 Å². The molecule has 0 aliphatic rings. The molecule has 0 spiro atoms. The summed E-state index contributed by atoms with van der Waals surface area (Å²) in [5.41, 5.74) is 0.263. The summed E-state index contributed by atoms with van der Waals surface area (Å²) < 4.78 is 18.1. The first kappa shape index (κ1) is 10.3. The molecular formula is C11H10FNO. The van der Waals surface area contributed by atoms with Crippen LogP contribution in [-0.4, -0.2) is 6.61 Å². The zero-order chi connectivity index (χ0) is 10.4. The Kier molecular flexibility index (Phi) is 3.69. The van der Waals surface area contributed by atoms with Gasteiger partial charge in [-0.05, 0) is 18.6 Å². The maximum Gasteiger partial charge on any atom is 0.128 e. The van der Waals surface area contributed by atoms with Crippen LogP contribution in [0.25, 0.3) is 0 Å². The summed E-state index contributed by atoms with van der Waals surface area (Å²) in [6.07, 6.45) is 2.41. The van der Waals surface area contributed by atoms with Crippen molar-refractivity contribution in [2.45, 2.75) is 6.42 Å². The highest BCUT2D eigenvalue weighted by Gasteiger charge is 2.00. The van der Waals surface area contributed by atoms with Crippen LogP contribution in [0, 0.1) is 17.1 Å². The van der Waals surface area contributed by atoms with Crippen molar-refractivity contribution in [1.29, 1.82) is 5.26 Å². The largest absolute Gasteiger partial charge is 0.493 e. The van der Waals surface area contributed by atoms with E-state index in [0.717, 1.165) is 0 Å². The summed E-state index contributed by atoms with van der Waals surface area (Å²) in [7, 11) is 0. The lowest BCUT2D eigenvalue weighted by molar-refractivity contribution is 0.323. The first-order valence-corrected chi connectivity index (χ1v) is 4.20. The summed E-state index contributed by atoms with van der Waals surface area (Å²) >= 11 is 0. The molecule has 0 fully saturated rings. The van der Waals surface area contributed by atoms with Crippen LogP contribution in [0.15, 0.2) is 30.9 Å². The molecule has 14 heavy (non-hydrogen) atoms. The molecule has 0 aliphatic heterocycles. The van der Waals surface area contributed by atoms with Crippen LogP contribution in [0.1, 0.15) is 12.0 Å². The predicted octanol–water partition coefficient (Wildman–Crippen LogP) is 2.65. The summed E-state index contributed by atoms with van der Waals surface area (Å²) in [5, 5.41) is 8.57. The van der Waals surface area contributed by atoms with E-state index in [9.17, 15) is 4.39 Å². The van der Waals surface area contributed by atoms with Crippen LogP contribution in [0.5, 0.6) is 5.75 Å². The third kappa shape index (κ3) is 2.91. The van der Waals surface area contributed by atoms with Gasteiger partial charge in [-0.2, -0.15) is 5.26 Å². The Hall–Kier alpha value is -1.82. The molecule has 2 nitrogen and oxygen atoms in total. The zero-order valence-corrected chi connectivity index (χ0v) is 7.66. The van der Waals surface area contributed by atoms with Crippen molar-refractivity contribution >= 4 is 0 Å². The maximum atomic E-state index is 12.9. The lowest BCUT2D eigenvalue weighted by atomic mass is 10.2. The van der Waals surface area contributed by atoms with Crippen molar-refractivity contribution < 1.29 is 9.13 Å². The fourth-order valence-electron chi connectivity index (χ4n) is 0.971. The second kappa shape index (κ2) is 5.03. The van der Waals surface area contributed by atoms with Gasteiger partial charge in [-0.3, -0.25) is 0 Å². The molecular weight excluding hydrogens is 181 g/mol. The second-order valence-corrected chi connectivity index (χ2v) is 2.71. The third-order valence-corrected chi connectivity index (χ3v) is 1.59. The number of nitriles is 1. The summed E-state index contributed by atoms with van der Waals surface area (Å²) in [6.45, 7) is 3.98. The Bertz CT molecular complexity index is 368. The molecule has 0 N–H and O–H groups in total. The molecule has 0 radical (unpaired) electrons. The van der Waals surface area contributed by atoms with Gasteiger partial charge in [0.1, 0.15) is 11.6 Å². The number of hydrogen-bond donors (Lipinski definition) is 0. The molecule has 1 aromatic rings. The van der Waals surface area contributed by atoms with Gasteiger partial charge in [-0.1, -0.05) is 6.08 Å². The zero-order valence-electron chi connectivity index (χ0n) is 7.66. The van der Waals surface area contributed by atoms with E-state index in [1.54, 1.807) is 6.08 Å². The summed E-state index contributed by atoms with van der Waals surface area (Å²) in [4.78, 5) is 0. The predicted molar refractivity (Wildman–Crippen MR) is 51.4 cm³/mol. The topological polar surface area (TPSA) is 33.0 Å². The van der Waals surface area contributed by atoms with Crippen LogP contribution < -0.4 is 4.74 Å². The van der Waals surface area contributed by atoms with Gasteiger partial charge in [0, 0.05) is 6.07 Å². The van der Waals surface area contributed by atoms with Gasteiger partial charge in [-0.15, -0.1) is 6.58 Å². The van der Waals surface area contributed by atoms with Crippen molar-refractivity contribution in [3.05, 3.63) is 42.2 Å². The number of hydrogen-bond acceptors (Lipinski definition) is 2. The van der Waals surface area contributed by atoms with Crippen molar-refractivity contribution in [1.82, 2.24) is 0 Å². The molecule has 0 amide bonds. The lowest BCUT2D eigenvalue weighted by Gasteiger charge is -2.04. The van der Waals surface area contributed by atoms with Gasteiger partial charge in [0.15, 0.2) is 0 Å². The summed E-state index contributed by atoms with van der Waals surface area (Å²) in [6, 6.07) is 5.79. The highest BCUT2D eigenvalue weighted by molar-refractivity contribution is 5.36. The smallest absolute Gasteiger partial charge is 0.128 e. The van der Waals surface area contributed by atoms with Gasteiger partial charge < -0.3 is 4.74 Å². The molecule has 3 heteroatoms. The van der Waals surface area contributed by atoms with E-state index in [4.69, 9.17) is 10.00 Å². The Morgan fingerprint density at radius 1 is 1.50 bits per heavy atom. The molecule has 0 bridgehead atoms. The van der Waals surface area contributed by atoms with Crippen LogP contribution in [0.2, 0.25) is 0 Å². The van der Waals surface area contributed by atoms with E-state index in [2.05, 4.69) is 6.58 Å². The van der Waals surface area contributed by atoms with Gasteiger partial charge >= 0.3 is 0 Å². The number of rotatable bonds is 4. The molecule has 0 aromatic heterocycles.